The van der Waals surface area contributed by atoms with E-state index in [1.165, 1.54) is 18.9 Å². The fourth-order valence-electron chi connectivity index (χ4n) is 8.30. The lowest BCUT2D eigenvalue weighted by Crippen LogP contribution is -2.82. The predicted octanol–water partition coefficient (Wildman–Crippen LogP) is 0.853. The number of likely N-dealkylation sites (tertiary alicyclic amines) is 1. The first kappa shape index (κ1) is 26.8. The van der Waals surface area contributed by atoms with Gasteiger partial charge in [-0.15, -0.1) is 0 Å². The van der Waals surface area contributed by atoms with Crippen LogP contribution in [0, 0.1) is 5.92 Å². The number of aliphatic carboxylic acids is 2. The average Bonchev–Trinajstić information content (AvgIpc) is 3.56. The Morgan fingerprint density at radius 3 is 2.62 bits per heavy atom. The van der Waals surface area contributed by atoms with E-state index >= 15 is 0 Å². The van der Waals surface area contributed by atoms with Crippen LogP contribution in [0.1, 0.15) is 56.1 Å². The first-order chi connectivity index (χ1) is 18.3. The lowest BCUT2D eigenvalue weighted by atomic mass is 9.48. The van der Waals surface area contributed by atoms with Crippen molar-refractivity contribution < 1.29 is 51.3 Å². The highest BCUT2D eigenvalue weighted by molar-refractivity contribution is 7.81. The maximum absolute atomic E-state index is 12.7. The van der Waals surface area contributed by atoms with Gasteiger partial charge in [-0.05, 0) is 43.7 Å². The number of rotatable bonds is 10. The minimum Gasteiger partial charge on any atom is -0.483 e. The maximum Gasteiger partial charge on any atom is 0.446 e. The SMILES string of the molecule is C[N@+]1(CC2CC2)CC[C@]23c4c5ccc(OS(=O)(=O)O)c4O[C@H]2C(N[C@@H](CCC(=O)O)C(=O)O)CC[C@@]3(O)[C@H]1C5. The molecule has 1 saturated heterocycles. The van der Waals surface area contributed by atoms with Crippen molar-refractivity contribution in [2.75, 3.05) is 20.1 Å². The molecular weight excluding hydrogens is 532 g/mol. The van der Waals surface area contributed by atoms with E-state index in [4.69, 9.17) is 14.0 Å². The molecule has 1 aromatic rings. The summed E-state index contributed by atoms with van der Waals surface area (Å²) in [4.78, 5) is 23.2. The van der Waals surface area contributed by atoms with Gasteiger partial charge in [-0.1, -0.05) is 6.07 Å². The number of piperidine rings is 1. The molecule has 5 aliphatic rings. The first-order valence-corrected chi connectivity index (χ1v) is 14.9. The van der Waals surface area contributed by atoms with E-state index in [0.717, 1.165) is 23.1 Å². The van der Waals surface area contributed by atoms with Crippen LogP contribution in [0.2, 0.25) is 0 Å². The van der Waals surface area contributed by atoms with Crippen LogP contribution in [0.5, 0.6) is 11.5 Å². The van der Waals surface area contributed by atoms with E-state index in [9.17, 15) is 32.8 Å². The third-order valence-electron chi connectivity index (χ3n) is 10.0. The van der Waals surface area contributed by atoms with E-state index in [-0.39, 0.29) is 30.4 Å². The van der Waals surface area contributed by atoms with Crippen molar-refractivity contribution in [3.05, 3.63) is 23.3 Å². The van der Waals surface area contributed by atoms with E-state index in [2.05, 4.69) is 12.4 Å². The standard InChI is InChI=1S/C26H34N2O10S/c1-28(13-14-2-3-14)11-10-25-21-15-4-6-18(38-39(34,35)36)22(21)37-23(25)16(8-9-26(25,33)19(28)12-15)27-17(24(31)32)5-7-20(29)30/h4,6,14,16-17,19,23,27,33H,2-3,5,7-13H2,1H3,(H2-,29,30,31,32,34,35,36)/p+1/t16?,17-,19+,23-,25-,26+,28+/m0/s1. The van der Waals surface area contributed by atoms with Crippen molar-refractivity contribution in [2.24, 2.45) is 5.92 Å². The van der Waals surface area contributed by atoms with E-state index in [1.54, 1.807) is 6.07 Å². The highest BCUT2D eigenvalue weighted by Crippen LogP contribution is 2.66. The summed E-state index contributed by atoms with van der Waals surface area (Å²) in [6.45, 7) is 1.73. The number of carboxylic acids is 2. The summed E-state index contributed by atoms with van der Waals surface area (Å²) in [6.07, 6.45) is 3.04. The van der Waals surface area contributed by atoms with Gasteiger partial charge in [0.2, 0.25) is 0 Å². The normalized spacial score (nSPS) is 36.9. The zero-order valence-electron chi connectivity index (χ0n) is 21.7. The summed E-state index contributed by atoms with van der Waals surface area (Å²) >= 11 is 0. The molecule has 13 heteroatoms. The van der Waals surface area contributed by atoms with Gasteiger partial charge in [0.1, 0.15) is 23.8 Å². The number of hydrogen-bond acceptors (Lipinski definition) is 8. The van der Waals surface area contributed by atoms with Crippen LogP contribution >= 0.6 is 0 Å². The average molecular weight is 568 g/mol. The molecule has 1 aromatic carbocycles. The Morgan fingerprint density at radius 2 is 1.97 bits per heavy atom. The second kappa shape index (κ2) is 8.77. The van der Waals surface area contributed by atoms with Crippen molar-refractivity contribution in [1.29, 1.82) is 0 Å². The van der Waals surface area contributed by atoms with Crippen LogP contribution < -0.4 is 14.2 Å². The zero-order chi connectivity index (χ0) is 28.0. The monoisotopic (exact) mass is 567 g/mol. The van der Waals surface area contributed by atoms with Crippen LogP contribution in [-0.2, 0) is 31.8 Å². The lowest BCUT2D eigenvalue weighted by Gasteiger charge is -2.65. The molecule has 1 unspecified atom stereocenters. The predicted molar refractivity (Wildman–Crippen MR) is 135 cm³/mol. The highest BCUT2D eigenvalue weighted by Gasteiger charge is 2.76. The molecule has 39 heavy (non-hydrogen) atoms. The number of carboxylic acid groups (broad SMARTS) is 2. The molecule has 5 N–H and O–H groups in total. The fourth-order valence-corrected chi connectivity index (χ4v) is 8.66. The summed E-state index contributed by atoms with van der Waals surface area (Å²) < 4.78 is 44.8. The first-order valence-electron chi connectivity index (χ1n) is 13.5. The Hall–Kier alpha value is -2.45. The van der Waals surface area contributed by atoms with Gasteiger partial charge in [-0.25, -0.2) is 0 Å². The molecule has 1 spiro atoms. The number of benzene rings is 1. The van der Waals surface area contributed by atoms with Gasteiger partial charge in [0.25, 0.3) is 0 Å². The smallest absolute Gasteiger partial charge is 0.446 e. The van der Waals surface area contributed by atoms with Crippen LogP contribution in [0.3, 0.4) is 0 Å². The summed E-state index contributed by atoms with van der Waals surface area (Å²) in [6, 6.07) is 1.39. The van der Waals surface area contributed by atoms with Crippen molar-refractivity contribution in [3.8, 4) is 11.5 Å². The molecule has 0 radical (unpaired) electrons. The topological polar surface area (TPSA) is 180 Å². The third-order valence-corrected chi connectivity index (χ3v) is 10.4. The Kier molecular flexibility index (Phi) is 6.02. The number of aliphatic hydroxyl groups is 1. The molecule has 3 fully saturated rings. The molecule has 6 rings (SSSR count). The molecule has 2 saturated carbocycles. The number of nitrogens with one attached hydrogen (secondary N) is 1. The Morgan fingerprint density at radius 1 is 1.23 bits per heavy atom. The number of ether oxygens (including phenoxy) is 1. The van der Waals surface area contributed by atoms with Crippen LogP contribution in [0.15, 0.2) is 12.1 Å². The number of likely N-dealkylation sites (N-methyl/N-ethyl adjacent to an activating group) is 1. The molecule has 3 aliphatic carbocycles. The van der Waals surface area contributed by atoms with Gasteiger partial charge in [-0.3, -0.25) is 19.5 Å². The van der Waals surface area contributed by atoms with Gasteiger partial charge in [0.15, 0.2) is 11.5 Å². The molecular formula is C26H35N2O10S+. The Labute approximate surface area is 226 Å². The number of hydrogen-bond donors (Lipinski definition) is 5. The molecule has 7 atom stereocenters. The molecule has 214 valence electrons. The molecule has 0 aromatic heterocycles. The van der Waals surface area contributed by atoms with Gasteiger partial charge in [0.05, 0.1) is 25.6 Å². The van der Waals surface area contributed by atoms with Crippen LogP contribution in [0.4, 0.5) is 0 Å². The highest BCUT2D eigenvalue weighted by atomic mass is 32.3. The lowest BCUT2D eigenvalue weighted by molar-refractivity contribution is -0.950. The van der Waals surface area contributed by atoms with Crippen LogP contribution in [-0.4, -0.2) is 94.7 Å². The Bertz CT molecular complexity index is 1330. The minimum absolute atomic E-state index is 0.126. The second-order valence-electron chi connectivity index (χ2n) is 12.3. The van der Waals surface area contributed by atoms with Gasteiger partial charge in [-0.2, -0.15) is 8.42 Å². The zero-order valence-corrected chi connectivity index (χ0v) is 22.5. The summed E-state index contributed by atoms with van der Waals surface area (Å²) in [5, 5.41) is 34.8. The molecule has 2 heterocycles. The fraction of sp³-hybridized carbons (Fsp3) is 0.692. The number of carbonyl (C=O) groups is 2. The van der Waals surface area contributed by atoms with Crippen molar-refractivity contribution in [2.45, 2.75) is 86.6 Å². The van der Waals surface area contributed by atoms with E-state index in [0.29, 0.717) is 37.2 Å². The number of nitrogens with zero attached hydrogens (tertiary/aromatic N) is 1. The van der Waals surface area contributed by atoms with E-state index < -0.39 is 51.5 Å². The quantitative estimate of drug-likeness (QED) is 0.200. The Balaban J connectivity index is 1.45. The summed E-state index contributed by atoms with van der Waals surface area (Å²) in [5.41, 5.74) is -0.557. The molecule has 12 nitrogen and oxygen atoms in total. The molecule has 0 amide bonds. The molecule has 2 aliphatic heterocycles. The largest absolute Gasteiger partial charge is 0.483 e. The summed E-state index contributed by atoms with van der Waals surface area (Å²) in [7, 11) is -2.65. The van der Waals surface area contributed by atoms with Crippen molar-refractivity contribution in [1.82, 2.24) is 5.32 Å². The summed E-state index contributed by atoms with van der Waals surface area (Å²) in [5.74, 6) is -1.68. The minimum atomic E-state index is -4.86. The molecule has 2 bridgehead atoms. The van der Waals surface area contributed by atoms with E-state index in [1.807, 2.05) is 0 Å². The van der Waals surface area contributed by atoms with Gasteiger partial charge >= 0.3 is 22.3 Å². The third kappa shape index (κ3) is 4.12. The van der Waals surface area contributed by atoms with Crippen molar-refractivity contribution in [3.63, 3.8) is 0 Å². The van der Waals surface area contributed by atoms with Gasteiger partial charge in [0, 0.05) is 36.8 Å². The maximum atomic E-state index is 12.7. The van der Waals surface area contributed by atoms with Crippen molar-refractivity contribution >= 4 is 22.3 Å². The second-order valence-corrected chi connectivity index (χ2v) is 13.3. The number of quaternary nitrogens is 1. The van der Waals surface area contributed by atoms with Gasteiger partial charge < -0.3 is 28.7 Å². The van der Waals surface area contributed by atoms with Crippen LogP contribution in [0.25, 0.3) is 0 Å².